The van der Waals surface area contributed by atoms with Crippen molar-refractivity contribution < 1.29 is 36.6 Å². The van der Waals surface area contributed by atoms with Gasteiger partial charge < -0.3 is 35.7 Å². The fraction of sp³-hybridized carbons (Fsp3) is 0.500. The molecule has 2 saturated heterocycles. The number of hydrogen-bond donors (Lipinski definition) is 4. The maximum absolute atomic E-state index is 14.0. The Bertz CT molecular complexity index is 926. The molecule has 1 aromatic rings. The van der Waals surface area contributed by atoms with Crippen LogP contribution < -0.4 is 27.1 Å². The lowest BCUT2D eigenvalue weighted by Gasteiger charge is -2.53. The molecule has 0 bridgehead atoms. The lowest BCUT2D eigenvalue weighted by Crippen LogP contribution is -2.64. The quantitative estimate of drug-likeness (QED) is 0.271. The van der Waals surface area contributed by atoms with E-state index < -0.39 is 30.6 Å². The van der Waals surface area contributed by atoms with E-state index in [1.165, 1.54) is 11.1 Å². The van der Waals surface area contributed by atoms with Gasteiger partial charge in [0.1, 0.15) is 18.2 Å². The monoisotopic (exact) mass is 490 g/mol. The third-order valence-electron chi connectivity index (χ3n) is 5.74. The van der Waals surface area contributed by atoms with Gasteiger partial charge in [-0.25, -0.2) is 14.0 Å². The molecule has 0 radical (unpaired) electrons. The summed E-state index contributed by atoms with van der Waals surface area (Å²) in [5, 5.41) is 2.69. The summed E-state index contributed by atoms with van der Waals surface area (Å²) in [6.45, 7) is 1.66. The Kier molecular flexibility index (Phi) is 7.59. The van der Waals surface area contributed by atoms with Crippen LogP contribution in [0.2, 0.25) is 0 Å². The number of nitrogens with two attached hydrogens (primary N) is 2. The smallest absolute Gasteiger partial charge is 0.444 e. The Balaban J connectivity index is 1.40. The predicted octanol–water partition coefficient (Wildman–Crippen LogP) is 1.73. The van der Waals surface area contributed by atoms with Gasteiger partial charge in [0.15, 0.2) is 0 Å². The van der Waals surface area contributed by atoms with Crippen molar-refractivity contribution in [2.45, 2.75) is 25.8 Å². The van der Waals surface area contributed by atoms with Gasteiger partial charge in [0, 0.05) is 55.1 Å². The van der Waals surface area contributed by atoms with E-state index in [0.717, 1.165) is 12.1 Å². The molecule has 6 N–H and O–H groups in total. The van der Waals surface area contributed by atoms with Crippen LogP contribution in [0.25, 0.3) is 0 Å². The minimum absolute atomic E-state index is 0.0743. The minimum Gasteiger partial charge on any atom is -0.444 e. The number of benzene rings is 1. The molecule has 14 heteroatoms. The van der Waals surface area contributed by atoms with Crippen molar-refractivity contribution in [3.63, 3.8) is 0 Å². The molecule has 1 spiro atoms. The number of alkyl halides is 3. The molecule has 0 aliphatic carbocycles. The molecule has 10 nitrogen and oxygen atoms in total. The molecule has 2 fully saturated rings. The molecule has 0 aromatic heterocycles. The second-order valence-corrected chi connectivity index (χ2v) is 8.24. The highest BCUT2D eigenvalue weighted by molar-refractivity contribution is 5.75. The fourth-order valence-corrected chi connectivity index (χ4v) is 3.91. The van der Waals surface area contributed by atoms with Crippen LogP contribution in [0.4, 0.5) is 27.2 Å². The SMILES string of the molecule is NN/C=C(\N)CNC(=O)N1CC2(CCN(C(=O)OCc3ccc(OC(F)(F)F)cc3F)CC2)C1. The van der Waals surface area contributed by atoms with Gasteiger partial charge in [-0.2, -0.15) is 0 Å². The van der Waals surface area contributed by atoms with Gasteiger partial charge in [-0.3, -0.25) is 5.84 Å². The Hall–Kier alpha value is -3.42. The number of nitrogens with one attached hydrogen (secondary N) is 2. The zero-order valence-electron chi connectivity index (χ0n) is 18.2. The van der Waals surface area contributed by atoms with Crippen LogP contribution in [0.15, 0.2) is 30.1 Å². The van der Waals surface area contributed by atoms with E-state index in [1.807, 2.05) is 0 Å². The van der Waals surface area contributed by atoms with Crippen LogP contribution in [0.1, 0.15) is 18.4 Å². The number of carbonyl (C=O) groups is 2. The average Bonchev–Trinajstić information content (AvgIpc) is 2.74. The highest BCUT2D eigenvalue weighted by Gasteiger charge is 2.47. The topological polar surface area (TPSA) is 135 Å². The summed E-state index contributed by atoms with van der Waals surface area (Å²) in [7, 11) is 0. The first-order valence-corrected chi connectivity index (χ1v) is 10.4. The van der Waals surface area contributed by atoms with Gasteiger partial charge in [-0.05, 0) is 25.0 Å². The second kappa shape index (κ2) is 10.2. The maximum Gasteiger partial charge on any atom is 0.573 e. The van der Waals surface area contributed by atoms with E-state index in [9.17, 15) is 27.2 Å². The molecule has 188 valence electrons. The van der Waals surface area contributed by atoms with Crippen molar-refractivity contribution in [3.05, 3.63) is 41.5 Å². The summed E-state index contributed by atoms with van der Waals surface area (Å²) in [5.41, 5.74) is 8.15. The first-order valence-electron chi connectivity index (χ1n) is 10.4. The number of likely N-dealkylation sites (tertiary alicyclic amines) is 2. The highest BCUT2D eigenvalue weighted by atomic mass is 19.4. The van der Waals surface area contributed by atoms with Gasteiger partial charge in [-0.1, -0.05) is 0 Å². The molecule has 2 heterocycles. The molecule has 0 atom stereocenters. The van der Waals surface area contributed by atoms with Crippen LogP contribution in [-0.2, 0) is 11.3 Å². The van der Waals surface area contributed by atoms with Gasteiger partial charge in [-0.15, -0.1) is 13.2 Å². The van der Waals surface area contributed by atoms with Crippen LogP contribution in [-0.4, -0.2) is 61.0 Å². The van der Waals surface area contributed by atoms with Crippen molar-refractivity contribution in [2.75, 3.05) is 32.7 Å². The summed E-state index contributed by atoms with van der Waals surface area (Å²) in [4.78, 5) is 27.6. The van der Waals surface area contributed by atoms with Crippen LogP contribution in [0, 0.1) is 11.2 Å². The average molecular weight is 490 g/mol. The fourth-order valence-electron chi connectivity index (χ4n) is 3.91. The van der Waals surface area contributed by atoms with E-state index in [2.05, 4.69) is 15.5 Å². The Morgan fingerprint density at radius 1 is 1.18 bits per heavy atom. The Morgan fingerprint density at radius 2 is 1.85 bits per heavy atom. The lowest BCUT2D eigenvalue weighted by atomic mass is 9.72. The number of carbonyl (C=O) groups excluding carboxylic acids is 2. The molecule has 2 aliphatic rings. The lowest BCUT2D eigenvalue weighted by molar-refractivity contribution is -0.274. The van der Waals surface area contributed by atoms with E-state index in [1.54, 1.807) is 4.90 Å². The van der Waals surface area contributed by atoms with E-state index >= 15 is 0 Å². The van der Waals surface area contributed by atoms with Crippen molar-refractivity contribution in [3.8, 4) is 5.75 Å². The number of rotatable bonds is 6. The van der Waals surface area contributed by atoms with Crippen molar-refractivity contribution in [1.29, 1.82) is 0 Å². The van der Waals surface area contributed by atoms with Crippen LogP contribution in [0.3, 0.4) is 0 Å². The summed E-state index contributed by atoms with van der Waals surface area (Å²) < 4.78 is 59.4. The second-order valence-electron chi connectivity index (χ2n) is 8.24. The van der Waals surface area contributed by atoms with Crippen LogP contribution in [0.5, 0.6) is 5.75 Å². The largest absolute Gasteiger partial charge is 0.573 e. The molecule has 1 aromatic carbocycles. The number of ether oxygens (including phenoxy) is 2. The standard InChI is InChI=1S/C20H26F4N6O4/c21-16-7-15(34-20(22,23)24)2-1-13(16)10-33-18(32)29-5-3-19(4-6-29)11-30(12-19)17(31)27-8-14(25)9-28-26/h1-2,7,9,28H,3-6,8,10-12,25-26H2,(H,27,31)/b14-9-. The molecule has 3 rings (SSSR count). The highest BCUT2D eigenvalue weighted by Crippen LogP contribution is 2.40. The Morgan fingerprint density at radius 3 is 2.44 bits per heavy atom. The first kappa shape index (κ1) is 25.2. The third kappa shape index (κ3) is 6.56. The number of nitrogens with zero attached hydrogens (tertiary/aromatic N) is 2. The molecular formula is C20H26F4N6O4. The number of amides is 3. The van der Waals surface area contributed by atoms with Crippen LogP contribution >= 0.6 is 0 Å². The van der Waals surface area contributed by atoms with Crippen molar-refractivity contribution in [1.82, 2.24) is 20.5 Å². The van der Waals surface area contributed by atoms with Crippen molar-refractivity contribution in [2.24, 2.45) is 17.0 Å². The number of hydrogen-bond acceptors (Lipinski definition) is 7. The minimum atomic E-state index is -4.93. The summed E-state index contributed by atoms with van der Waals surface area (Å²) >= 11 is 0. The summed E-state index contributed by atoms with van der Waals surface area (Å²) in [6.07, 6.45) is -2.86. The molecule has 2 aliphatic heterocycles. The van der Waals surface area contributed by atoms with Gasteiger partial charge in [0.05, 0.1) is 6.54 Å². The number of halogens is 4. The van der Waals surface area contributed by atoms with E-state index in [0.29, 0.717) is 50.8 Å². The third-order valence-corrected chi connectivity index (χ3v) is 5.74. The van der Waals surface area contributed by atoms with E-state index in [-0.39, 0.29) is 23.6 Å². The van der Waals surface area contributed by atoms with E-state index in [4.69, 9.17) is 16.3 Å². The Labute approximate surface area is 192 Å². The number of piperidine rings is 1. The predicted molar refractivity (Wildman–Crippen MR) is 111 cm³/mol. The van der Waals surface area contributed by atoms with Gasteiger partial charge >= 0.3 is 18.5 Å². The molecular weight excluding hydrogens is 464 g/mol. The summed E-state index contributed by atoms with van der Waals surface area (Å²) in [5.74, 6) is 3.44. The molecule has 34 heavy (non-hydrogen) atoms. The normalized spacial score (nSPS) is 17.7. The number of urea groups is 1. The molecule has 3 amide bonds. The zero-order chi connectivity index (χ0) is 24.9. The molecule has 0 unspecified atom stereocenters. The number of hydrazine groups is 1. The van der Waals surface area contributed by atoms with Gasteiger partial charge in [0.25, 0.3) is 0 Å². The maximum atomic E-state index is 14.0. The van der Waals surface area contributed by atoms with Gasteiger partial charge in [0.2, 0.25) is 0 Å². The zero-order valence-corrected chi connectivity index (χ0v) is 18.2. The van der Waals surface area contributed by atoms with Crippen molar-refractivity contribution >= 4 is 12.1 Å². The molecule has 0 saturated carbocycles. The summed E-state index contributed by atoms with van der Waals surface area (Å²) in [6, 6.07) is 2.36. The first-order chi connectivity index (χ1) is 16.0.